The average molecular weight is 225 g/mol. The Hall–Kier alpha value is -1.55. The van der Waals surface area contributed by atoms with Crippen LogP contribution in [0.5, 0.6) is 11.5 Å². The molecule has 0 spiro atoms. The molecular formula is C12H15NO3. The van der Waals surface area contributed by atoms with Crippen LogP contribution in [0.2, 0.25) is 0 Å². The van der Waals surface area contributed by atoms with Gasteiger partial charge in [-0.2, -0.15) is 0 Å². The standard InChI is InChI=1S/C12H15NO3/c1-3-9(13-2)12(14)8-4-5-10-11(6-8)16-7-15-10/h4-6,9,13H,3,7H2,1-2H3/i1+1,3+1,9+1,12+1. The predicted molar refractivity (Wildman–Crippen MR) is 60.0 cm³/mol. The highest BCUT2D eigenvalue weighted by Crippen LogP contribution is 2.32. The maximum atomic E-state index is 12.0. The second-order valence-corrected chi connectivity index (χ2v) is 3.68. The van der Waals surface area contributed by atoms with Gasteiger partial charge < -0.3 is 14.8 Å². The molecule has 1 aromatic rings. The normalized spacial score (nSPS) is 14.9. The molecule has 1 N–H and O–H groups in total. The molecule has 0 bridgehead atoms. The van der Waals surface area contributed by atoms with Gasteiger partial charge in [-0.05, 0) is 31.7 Å². The van der Waals surface area contributed by atoms with E-state index < -0.39 is 0 Å². The number of hydrogen-bond donors (Lipinski definition) is 1. The van der Waals surface area contributed by atoms with Crippen LogP contribution in [-0.2, 0) is 0 Å². The summed E-state index contributed by atoms with van der Waals surface area (Å²) in [6.07, 6.45) is 0.768. The lowest BCUT2D eigenvalue weighted by Crippen LogP contribution is -2.33. The highest BCUT2D eigenvalue weighted by molar-refractivity contribution is 6.00. The van der Waals surface area contributed by atoms with Gasteiger partial charge in [0, 0.05) is 5.56 Å². The van der Waals surface area contributed by atoms with Gasteiger partial charge in [-0.15, -0.1) is 0 Å². The summed E-state index contributed by atoms with van der Waals surface area (Å²) in [7, 11) is 1.79. The third kappa shape index (κ3) is 1.88. The second kappa shape index (κ2) is 4.53. The molecule has 0 amide bonds. The van der Waals surface area contributed by atoms with Crippen LogP contribution < -0.4 is 14.8 Å². The van der Waals surface area contributed by atoms with Gasteiger partial charge in [-0.25, -0.2) is 0 Å². The van der Waals surface area contributed by atoms with Crippen LogP contribution in [0.4, 0.5) is 0 Å². The Morgan fingerprint density at radius 3 is 2.88 bits per heavy atom. The molecule has 0 radical (unpaired) electrons. The Labute approximate surface area is 94.6 Å². The van der Waals surface area contributed by atoms with Crippen LogP contribution >= 0.6 is 0 Å². The number of benzene rings is 1. The summed E-state index contributed by atoms with van der Waals surface area (Å²) in [5.74, 6) is 1.44. The molecule has 4 nitrogen and oxygen atoms in total. The van der Waals surface area contributed by atoms with Crippen LogP contribution in [0.3, 0.4) is 0 Å². The quantitative estimate of drug-likeness (QED) is 0.624. The van der Waals surface area contributed by atoms with E-state index in [-0.39, 0.29) is 18.6 Å². The van der Waals surface area contributed by atoms with Crippen LogP contribution in [-0.4, -0.2) is 25.7 Å². The van der Waals surface area contributed by atoms with Crippen molar-refractivity contribution in [2.45, 2.75) is 19.4 Å². The van der Waals surface area contributed by atoms with Gasteiger partial charge >= 0.3 is 0 Å². The lowest BCUT2D eigenvalue weighted by Gasteiger charge is -2.12. The Balaban J connectivity index is 2.24. The van der Waals surface area contributed by atoms with Gasteiger partial charge in [0.15, 0.2) is 17.3 Å². The van der Waals surface area contributed by atoms with E-state index in [1.807, 2.05) is 6.92 Å². The number of fused-ring (bicyclic) bond motifs is 1. The van der Waals surface area contributed by atoms with E-state index in [0.717, 1.165) is 6.42 Å². The molecule has 1 aromatic carbocycles. The van der Waals surface area contributed by atoms with E-state index in [9.17, 15) is 4.79 Å². The molecule has 1 unspecified atom stereocenters. The molecule has 0 aromatic heterocycles. The number of Topliss-reactive ketones (excluding diaryl/α,β-unsaturated/α-hetero) is 1. The van der Waals surface area contributed by atoms with Crippen LogP contribution in [0.15, 0.2) is 18.2 Å². The monoisotopic (exact) mass is 225 g/mol. The Morgan fingerprint density at radius 2 is 2.19 bits per heavy atom. The minimum absolute atomic E-state index is 0.0864. The molecule has 1 atom stereocenters. The number of hydrogen-bond acceptors (Lipinski definition) is 4. The lowest BCUT2D eigenvalue weighted by atomic mass is 10.2. The smallest absolute Gasteiger partial charge is 0.231 e. The highest BCUT2D eigenvalue weighted by atomic mass is 16.7. The molecular weight excluding hydrogens is 210 g/mol. The largest absolute Gasteiger partial charge is 0.454 e. The van der Waals surface area contributed by atoms with Gasteiger partial charge in [0.25, 0.3) is 0 Å². The van der Waals surface area contributed by atoms with Crippen LogP contribution in [0, 0.1) is 0 Å². The molecule has 2 rings (SSSR count). The van der Waals surface area contributed by atoms with Crippen molar-refractivity contribution in [3.8, 4) is 11.5 Å². The number of ketones is 1. The topological polar surface area (TPSA) is 47.6 Å². The maximum absolute atomic E-state index is 12.0. The SMILES string of the molecule is CN[13CH]([13CH2][13CH3])[13C](=O)c1ccc2c(c1)OCO2. The molecule has 16 heavy (non-hydrogen) atoms. The predicted octanol–water partition coefficient (Wildman–Crippen LogP) is 1.60. The molecule has 0 saturated heterocycles. The van der Waals surface area contributed by atoms with E-state index in [1.54, 1.807) is 25.2 Å². The molecule has 1 aliphatic heterocycles. The summed E-state index contributed by atoms with van der Waals surface area (Å²) < 4.78 is 10.4. The van der Waals surface area contributed by atoms with Crippen molar-refractivity contribution < 1.29 is 14.3 Å². The number of likely N-dealkylation sites (N-methyl/N-ethyl adjacent to an activating group) is 1. The van der Waals surface area contributed by atoms with Crippen molar-refractivity contribution in [1.82, 2.24) is 5.32 Å². The first-order valence-electron chi connectivity index (χ1n) is 5.37. The summed E-state index contributed by atoms with van der Waals surface area (Å²) >= 11 is 0. The molecule has 0 aliphatic carbocycles. The number of ether oxygens (including phenoxy) is 2. The fourth-order valence-electron chi connectivity index (χ4n) is 1.77. The first-order chi connectivity index (χ1) is 7.76. The summed E-state index contributed by atoms with van der Waals surface area (Å²) in [5, 5.41) is 3.00. The zero-order valence-corrected chi connectivity index (χ0v) is 9.45. The fourth-order valence-corrected chi connectivity index (χ4v) is 1.77. The van der Waals surface area contributed by atoms with Gasteiger partial charge in [-0.1, -0.05) is 6.92 Å². The Kier molecular flexibility index (Phi) is 3.10. The third-order valence-electron chi connectivity index (χ3n) is 2.73. The van der Waals surface area contributed by atoms with E-state index in [2.05, 4.69) is 5.32 Å². The zero-order chi connectivity index (χ0) is 11.5. The molecule has 0 fully saturated rings. The first-order valence-corrected chi connectivity index (χ1v) is 5.37. The van der Waals surface area contributed by atoms with E-state index in [1.165, 1.54) is 0 Å². The maximum Gasteiger partial charge on any atom is 0.231 e. The molecule has 1 heterocycles. The molecule has 86 valence electrons. The van der Waals surface area contributed by atoms with Crippen molar-refractivity contribution in [1.29, 1.82) is 0 Å². The summed E-state index contributed by atoms with van der Waals surface area (Å²) in [5.41, 5.74) is 0.658. The zero-order valence-electron chi connectivity index (χ0n) is 9.45. The number of carbonyl (C=O) groups excluding carboxylic acids is 1. The Morgan fingerprint density at radius 1 is 1.44 bits per heavy atom. The van der Waals surface area contributed by atoms with Crippen molar-refractivity contribution >= 4 is 5.78 Å². The minimum atomic E-state index is -0.139. The van der Waals surface area contributed by atoms with Crippen molar-refractivity contribution in [3.63, 3.8) is 0 Å². The van der Waals surface area contributed by atoms with Gasteiger partial charge in [0.2, 0.25) is 6.79 Å². The number of rotatable bonds is 4. The summed E-state index contributed by atoms with van der Waals surface area (Å²) in [6, 6.07) is 5.15. The first kappa shape index (κ1) is 11.0. The van der Waals surface area contributed by atoms with Crippen LogP contribution in [0.25, 0.3) is 0 Å². The summed E-state index contributed by atoms with van der Waals surface area (Å²) in [4.78, 5) is 12.0. The van der Waals surface area contributed by atoms with Gasteiger partial charge in [0.1, 0.15) is 0 Å². The van der Waals surface area contributed by atoms with Crippen LogP contribution in [0.1, 0.15) is 23.7 Å². The molecule has 1 aliphatic rings. The molecule has 0 saturated carbocycles. The lowest BCUT2D eigenvalue weighted by molar-refractivity contribution is 0.0944. The van der Waals surface area contributed by atoms with Gasteiger partial charge in [0.05, 0.1) is 6.04 Å². The highest BCUT2D eigenvalue weighted by Gasteiger charge is 2.20. The number of nitrogens with one attached hydrogen (secondary N) is 1. The molecule has 4 heteroatoms. The third-order valence-corrected chi connectivity index (χ3v) is 2.73. The van der Waals surface area contributed by atoms with Crippen molar-refractivity contribution in [3.05, 3.63) is 23.8 Å². The van der Waals surface area contributed by atoms with Gasteiger partial charge in [-0.3, -0.25) is 4.79 Å². The van der Waals surface area contributed by atoms with E-state index in [4.69, 9.17) is 9.47 Å². The fraction of sp³-hybridized carbons (Fsp3) is 0.417. The second-order valence-electron chi connectivity index (χ2n) is 3.68. The average Bonchev–Trinajstić information content (AvgIpc) is 2.77. The van der Waals surface area contributed by atoms with Crippen molar-refractivity contribution in [2.75, 3.05) is 13.8 Å². The van der Waals surface area contributed by atoms with E-state index >= 15 is 0 Å². The van der Waals surface area contributed by atoms with Crippen molar-refractivity contribution in [2.24, 2.45) is 0 Å². The Bertz CT molecular complexity index is 399. The summed E-state index contributed by atoms with van der Waals surface area (Å²) in [6.45, 7) is 2.21. The minimum Gasteiger partial charge on any atom is -0.454 e. The van der Waals surface area contributed by atoms with E-state index in [0.29, 0.717) is 17.1 Å². The number of carbonyl (C=O) groups is 1.